The van der Waals surface area contributed by atoms with Crippen LogP contribution in [0.3, 0.4) is 0 Å². The molecule has 0 unspecified atom stereocenters. The van der Waals surface area contributed by atoms with Crippen molar-refractivity contribution in [1.29, 1.82) is 0 Å². The first-order chi connectivity index (χ1) is 10.8. The zero-order valence-corrected chi connectivity index (χ0v) is 11.9. The Morgan fingerprint density at radius 2 is 1.55 bits per heavy atom. The Bertz CT molecular complexity index is 1020. The number of H-pyrrole nitrogens is 1. The van der Waals surface area contributed by atoms with Gasteiger partial charge in [0, 0.05) is 6.42 Å². The summed E-state index contributed by atoms with van der Waals surface area (Å²) in [5.41, 5.74) is 1.79. The molecule has 0 amide bonds. The van der Waals surface area contributed by atoms with Crippen LogP contribution in [0.5, 0.6) is 0 Å². The van der Waals surface area contributed by atoms with E-state index in [9.17, 15) is 4.79 Å². The van der Waals surface area contributed by atoms with Crippen molar-refractivity contribution in [2.24, 2.45) is 0 Å². The van der Waals surface area contributed by atoms with Crippen molar-refractivity contribution in [3.63, 3.8) is 0 Å². The molecule has 0 bridgehead atoms. The molecular formula is C19H14N2O. The molecule has 0 aliphatic carbocycles. The molecule has 1 N–H and O–H groups in total. The average molecular weight is 286 g/mol. The van der Waals surface area contributed by atoms with Crippen molar-refractivity contribution >= 4 is 21.7 Å². The lowest BCUT2D eigenvalue weighted by atomic mass is 10.1. The number of fused-ring (bicyclic) bond motifs is 2. The Kier molecular flexibility index (Phi) is 2.97. The third-order valence-electron chi connectivity index (χ3n) is 3.84. The van der Waals surface area contributed by atoms with Crippen LogP contribution in [-0.2, 0) is 6.42 Å². The largest absolute Gasteiger partial charge is 0.310 e. The van der Waals surface area contributed by atoms with E-state index < -0.39 is 0 Å². The van der Waals surface area contributed by atoms with Crippen molar-refractivity contribution in [1.82, 2.24) is 9.97 Å². The number of hydrogen-bond donors (Lipinski definition) is 1. The predicted molar refractivity (Wildman–Crippen MR) is 89.1 cm³/mol. The van der Waals surface area contributed by atoms with E-state index in [2.05, 4.69) is 9.97 Å². The van der Waals surface area contributed by atoms with Gasteiger partial charge in [-0.3, -0.25) is 4.79 Å². The maximum Gasteiger partial charge on any atom is 0.258 e. The average Bonchev–Trinajstić information content (AvgIpc) is 2.54. The molecule has 1 aromatic heterocycles. The van der Waals surface area contributed by atoms with Crippen molar-refractivity contribution in [3.05, 3.63) is 88.5 Å². The van der Waals surface area contributed by atoms with E-state index in [0.29, 0.717) is 17.6 Å². The first kappa shape index (κ1) is 12.8. The second-order valence-corrected chi connectivity index (χ2v) is 5.39. The molecule has 0 spiro atoms. The molecule has 4 aromatic rings. The van der Waals surface area contributed by atoms with E-state index in [-0.39, 0.29) is 5.56 Å². The number of aromatic amines is 1. The zero-order valence-electron chi connectivity index (χ0n) is 11.9. The quantitative estimate of drug-likeness (QED) is 0.571. The highest BCUT2D eigenvalue weighted by atomic mass is 16.1. The van der Waals surface area contributed by atoms with Gasteiger partial charge in [-0.05, 0) is 28.5 Å². The summed E-state index contributed by atoms with van der Waals surface area (Å²) >= 11 is 0. The van der Waals surface area contributed by atoms with Crippen molar-refractivity contribution in [3.8, 4) is 0 Å². The molecule has 3 nitrogen and oxygen atoms in total. The molecule has 3 heteroatoms. The maximum atomic E-state index is 12.3. The van der Waals surface area contributed by atoms with E-state index in [1.54, 1.807) is 0 Å². The van der Waals surface area contributed by atoms with Gasteiger partial charge in [0.15, 0.2) is 0 Å². The lowest BCUT2D eigenvalue weighted by Crippen LogP contribution is -2.12. The van der Waals surface area contributed by atoms with Gasteiger partial charge in [0.2, 0.25) is 0 Å². The summed E-state index contributed by atoms with van der Waals surface area (Å²) in [5.74, 6) is 0.694. The molecule has 0 aliphatic rings. The summed E-state index contributed by atoms with van der Waals surface area (Å²) in [4.78, 5) is 19.9. The highest BCUT2D eigenvalue weighted by Crippen LogP contribution is 2.19. The van der Waals surface area contributed by atoms with Gasteiger partial charge in [0.05, 0.1) is 10.9 Å². The smallest absolute Gasteiger partial charge is 0.258 e. The Morgan fingerprint density at radius 3 is 2.32 bits per heavy atom. The van der Waals surface area contributed by atoms with Gasteiger partial charge < -0.3 is 4.98 Å². The summed E-state index contributed by atoms with van der Waals surface area (Å²) in [7, 11) is 0. The highest BCUT2D eigenvalue weighted by molar-refractivity contribution is 5.95. The second-order valence-electron chi connectivity index (χ2n) is 5.39. The summed E-state index contributed by atoms with van der Waals surface area (Å²) in [5, 5.41) is 2.78. The summed E-state index contributed by atoms with van der Waals surface area (Å²) in [6.45, 7) is 0. The van der Waals surface area contributed by atoms with Crippen LogP contribution in [0.2, 0.25) is 0 Å². The summed E-state index contributed by atoms with van der Waals surface area (Å²) in [6, 6.07) is 21.9. The molecule has 4 rings (SSSR count). The van der Waals surface area contributed by atoms with E-state index in [1.165, 1.54) is 0 Å². The van der Waals surface area contributed by atoms with Crippen LogP contribution in [0.4, 0.5) is 0 Å². The van der Waals surface area contributed by atoms with E-state index in [4.69, 9.17) is 0 Å². The third-order valence-corrected chi connectivity index (χ3v) is 3.84. The molecule has 1 heterocycles. The number of aromatic nitrogens is 2. The molecule has 0 saturated heterocycles. The Balaban J connectivity index is 1.88. The van der Waals surface area contributed by atoms with Crippen LogP contribution in [0.15, 0.2) is 71.5 Å². The van der Waals surface area contributed by atoms with Crippen molar-refractivity contribution < 1.29 is 0 Å². The third kappa shape index (κ3) is 2.27. The maximum absolute atomic E-state index is 12.3. The van der Waals surface area contributed by atoms with Crippen LogP contribution in [-0.4, -0.2) is 9.97 Å². The van der Waals surface area contributed by atoms with Gasteiger partial charge in [-0.15, -0.1) is 0 Å². The van der Waals surface area contributed by atoms with Crippen LogP contribution < -0.4 is 5.56 Å². The van der Waals surface area contributed by atoms with Crippen molar-refractivity contribution in [2.45, 2.75) is 6.42 Å². The molecule has 0 radical (unpaired) electrons. The van der Waals surface area contributed by atoms with Crippen LogP contribution >= 0.6 is 0 Å². The Morgan fingerprint density at radius 1 is 0.864 bits per heavy atom. The normalized spacial score (nSPS) is 11.1. The molecule has 0 aliphatic heterocycles. The first-order valence-electron chi connectivity index (χ1n) is 7.25. The summed E-state index contributed by atoms with van der Waals surface area (Å²) in [6.07, 6.45) is 0.624. The number of hydrogen-bond acceptors (Lipinski definition) is 2. The number of benzene rings is 3. The topological polar surface area (TPSA) is 45.8 Å². The minimum absolute atomic E-state index is 0.0818. The van der Waals surface area contributed by atoms with Crippen LogP contribution in [0, 0.1) is 0 Å². The molecule has 0 atom stereocenters. The molecular weight excluding hydrogens is 272 g/mol. The second kappa shape index (κ2) is 5.11. The minimum atomic E-state index is -0.0818. The van der Waals surface area contributed by atoms with Gasteiger partial charge in [-0.2, -0.15) is 0 Å². The Labute approximate surface area is 127 Å². The SMILES string of the molecule is O=c1[nH]c(Cc2ccccc2)nc2cc3ccccc3cc12. The summed E-state index contributed by atoms with van der Waals surface area (Å²) < 4.78 is 0. The fourth-order valence-electron chi connectivity index (χ4n) is 2.75. The fourth-order valence-corrected chi connectivity index (χ4v) is 2.75. The van der Waals surface area contributed by atoms with Gasteiger partial charge in [0.1, 0.15) is 5.82 Å². The highest BCUT2D eigenvalue weighted by Gasteiger charge is 2.06. The lowest BCUT2D eigenvalue weighted by molar-refractivity contribution is 0.974. The van der Waals surface area contributed by atoms with Crippen molar-refractivity contribution in [2.75, 3.05) is 0 Å². The van der Waals surface area contributed by atoms with Gasteiger partial charge in [0.25, 0.3) is 5.56 Å². The molecule has 0 fully saturated rings. The molecule has 106 valence electrons. The standard InChI is InChI=1S/C19H14N2O/c22-19-16-11-14-8-4-5-9-15(14)12-17(16)20-18(21-19)10-13-6-2-1-3-7-13/h1-9,11-12H,10H2,(H,20,21,22). The number of rotatable bonds is 2. The zero-order chi connectivity index (χ0) is 14.9. The number of nitrogens with one attached hydrogen (secondary N) is 1. The van der Waals surface area contributed by atoms with E-state index >= 15 is 0 Å². The van der Waals surface area contributed by atoms with E-state index in [0.717, 1.165) is 21.9 Å². The van der Waals surface area contributed by atoms with E-state index in [1.807, 2.05) is 66.7 Å². The fraction of sp³-hybridized carbons (Fsp3) is 0.0526. The van der Waals surface area contributed by atoms with Gasteiger partial charge in [-0.1, -0.05) is 54.6 Å². The monoisotopic (exact) mass is 286 g/mol. The van der Waals surface area contributed by atoms with Gasteiger partial charge >= 0.3 is 0 Å². The predicted octanol–water partition coefficient (Wildman–Crippen LogP) is 3.67. The van der Waals surface area contributed by atoms with Crippen LogP contribution in [0.25, 0.3) is 21.7 Å². The Hall–Kier alpha value is -2.94. The minimum Gasteiger partial charge on any atom is -0.310 e. The van der Waals surface area contributed by atoms with Gasteiger partial charge in [-0.25, -0.2) is 4.98 Å². The molecule has 0 saturated carbocycles. The first-order valence-corrected chi connectivity index (χ1v) is 7.25. The van der Waals surface area contributed by atoms with Crippen LogP contribution in [0.1, 0.15) is 11.4 Å². The number of nitrogens with zero attached hydrogens (tertiary/aromatic N) is 1. The molecule has 22 heavy (non-hydrogen) atoms. The molecule has 3 aromatic carbocycles. The lowest BCUT2D eigenvalue weighted by Gasteiger charge is -2.05.